The van der Waals surface area contributed by atoms with Gasteiger partial charge in [-0.2, -0.15) is 0 Å². The Morgan fingerprint density at radius 1 is 1.06 bits per heavy atom. The Morgan fingerprint density at radius 2 is 1.72 bits per heavy atom. The summed E-state index contributed by atoms with van der Waals surface area (Å²) in [6, 6.07) is 8.17. The first kappa shape index (κ1) is 12.9. The molecule has 0 bridgehead atoms. The Bertz CT molecular complexity index is 544. The second-order valence-electron chi connectivity index (χ2n) is 4.23. The number of rotatable bonds is 3. The first-order chi connectivity index (χ1) is 8.60. The van der Waals surface area contributed by atoms with Gasteiger partial charge in [-0.3, -0.25) is 0 Å². The number of anilines is 3. The van der Waals surface area contributed by atoms with Crippen LogP contribution in [-0.4, -0.2) is 12.0 Å². The minimum atomic E-state index is 0.852. The van der Waals surface area contributed by atoms with E-state index in [0.717, 1.165) is 17.2 Å². The SMILES string of the molecule is CNc1cc(Nc2cc(C)c(Br)c(C)c2)ccn1. The average molecular weight is 306 g/mol. The molecule has 0 spiro atoms. The molecule has 2 aromatic rings. The Kier molecular flexibility index (Phi) is 3.87. The Morgan fingerprint density at radius 3 is 2.33 bits per heavy atom. The molecule has 4 heteroatoms. The number of hydrogen-bond acceptors (Lipinski definition) is 3. The number of benzene rings is 1. The van der Waals surface area contributed by atoms with E-state index in [2.05, 4.69) is 57.5 Å². The average Bonchev–Trinajstić information content (AvgIpc) is 2.36. The summed E-state index contributed by atoms with van der Waals surface area (Å²) in [5.41, 5.74) is 4.55. The van der Waals surface area contributed by atoms with Crippen molar-refractivity contribution in [2.24, 2.45) is 0 Å². The fourth-order valence-corrected chi connectivity index (χ4v) is 2.06. The van der Waals surface area contributed by atoms with E-state index in [1.807, 2.05) is 19.2 Å². The monoisotopic (exact) mass is 305 g/mol. The predicted molar refractivity (Wildman–Crippen MR) is 80.7 cm³/mol. The zero-order chi connectivity index (χ0) is 13.1. The van der Waals surface area contributed by atoms with E-state index in [1.54, 1.807) is 6.20 Å². The van der Waals surface area contributed by atoms with E-state index in [0.29, 0.717) is 0 Å². The molecule has 0 unspecified atom stereocenters. The number of aromatic nitrogens is 1. The lowest BCUT2D eigenvalue weighted by Crippen LogP contribution is -1.96. The number of aryl methyl sites for hydroxylation is 2. The Hall–Kier alpha value is -1.55. The molecule has 0 radical (unpaired) electrons. The van der Waals surface area contributed by atoms with Gasteiger partial charge in [0.15, 0.2) is 0 Å². The first-order valence-corrected chi connectivity index (χ1v) is 6.57. The molecule has 0 saturated carbocycles. The first-order valence-electron chi connectivity index (χ1n) is 5.77. The molecular weight excluding hydrogens is 290 g/mol. The van der Waals surface area contributed by atoms with Crippen LogP contribution in [0.15, 0.2) is 34.9 Å². The standard InChI is InChI=1S/C14H16BrN3/c1-9-6-12(7-10(2)14(9)15)18-11-4-5-17-13(8-11)16-3/h4-8H,1-3H3,(H2,16,17,18). The molecule has 94 valence electrons. The van der Waals surface area contributed by atoms with Crippen molar-refractivity contribution in [3.05, 3.63) is 46.1 Å². The highest BCUT2D eigenvalue weighted by atomic mass is 79.9. The lowest BCUT2D eigenvalue weighted by molar-refractivity contribution is 1.28. The molecule has 0 saturated heterocycles. The topological polar surface area (TPSA) is 37.0 Å². The highest BCUT2D eigenvalue weighted by Crippen LogP contribution is 2.27. The summed E-state index contributed by atoms with van der Waals surface area (Å²) in [5.74, 6) is 0.852. The van der Waals surface area contributed by atoms with Crippen molar-refractivity contribution in [1.82, 2.24) is 4.98 Å². The lowest BCUT2D eigenvalue weighted by Gasteiger charge is -2.11. The highest BCUT2D eigenvalue weighted by molar-refractivity contribution is 9.10. The van der Waals surface area contributed by atoms with Crippen LogP contribution in [0.25, 0.3) is 0 Å². The maximum Gasteiger partial charge on any atom is 0.127 e. The van der Waals surface area contributed by atoms with Crippen LogP contribution < -0.4 is 10.6 Å². The molecule has 1 aromatic heterocycles. The zero-order valence-corrected chi connectivity index (χ0v) is 12.3. The van der Waals surface area contributed by atoms with E-state index in [9.17, 15) is 0 Å². The molecule has 0 fully saturated rings. The molecule has 2 N–H and O–H groups in total. The van der Waals surface area contributed by atoms with Crippen molar-refractivity contribution in [3.63, 3.8) is 0 Å². The van der Waals surface area contributed by atoms with Gasteiger partial charge in [0.2, 0.25) is 0 Å². The third-order valence-corrected chi connectivity index (χ3v) is 3.99. The second-order valence-corrected chi connectivity index (χ2v) is 5.02. The van der Waals surface area contributed by atoms with E-state index in [-0.39, 0.29) is 0 Å². The number of nitrogens with zero attached hydrogens (tertiary/aromatic N) is 1. The zero-order valence-electron chi connectivity index (χ0n) is 10.7. The molecule has 18 heavy (non-hydrogen) atoms. The highest BCUT2D eigenvalue weighted by Gasteiger charge is 2.03. The van der Waals surface area contributed by atoms with Gasteiger partial charge in [-0.15, -0.1) is 0 Å². The fraction of sp³-hybridized carbons (Fsp3) is 0.214. The normalized spacial score (nSPS) is 10.2. The van der Waals surface area contributed by atoms with Crippen LogP contribution in [0.5, 0.6) is 0 Å². The van der Waals surface area contributed by atoms with Gasteiger partial charge in [-0.1, -0.05) is 15.9 Å². The number of pyridine rings is 1. The van der Waals surface area contributed by atoms with Crippen molar-refractivity contribution in [3.8, 4) is 0 Å². The summed E-state index contributed by atoms with van der Waals surface area (Å²) in [4.78, 5) is 4.19. The van der Waals surface area contributed by atoms with Gasteiger partial charge in [-0.25, -0.2) is 4.98 Å². The summed E-state index contributed by atoms with van der Waals surface area (Å²) >= 11 is 3.57. The molecule has 0 aliphatic rings. The van der Waals surface area contributed by atoms with E-state index in [1.165, 1.54) is 15.6 Å². The van der Waals surface area contributed by atoms with Crippen LogP contribution in [0.1, 0.15) is 11.1 Å². The molecule has 0 atom stereocenters. The van der Waals surface area contributed by atoms with Crippen LogP contribution in [0.2, 0.25) is 0 Å². The molecule has 0 aliphatic carbocycles. The maximum atomic E-state index is 4.19. The summed E-state index contributed by atoms with van der Waals surface area (Å²) < 4.78 is 1.17. The van der Waals surface area contributed by atoms with E-state index >= 15 is 0 Å². The van der Waals surface area contributed by atoms with Gasteiger partial charge in [0.25, 0.3) is 0 Å². The van der Waals surface area contributed by atoms with Gasteiger partial charge in [-0.05, 0) is 43.2 Å². The van der Waals surface area contributed by atoms with Gasteiger partial charge in [0, 0.05) is 35.2 Å². The van der Waals surface area contributed by atoms with Gasteiger partial charge >= 0.3 is 0 Å². The van der Waals surface area contributed by atoms with Gasteiger partial charge in [0.05, 0.1) is 0 Å². The van der Waals surface area contributed by atoms with E-state index in [4.69, 9.17) is 0 Å². The van der Waals surface area contributed by atoms with Crippen molar-refractivity contribution < 1.29 is 0 Å². The smallest absolute Gasteiger partial charge is 0.127 e. The number of halogens is 1. The summed E-state index contributed by atoms with van der Waals surface area (Å²) in [6.45, 7) is 4.18. The number of nitrogens with one attached hydrogen (secondary N) is 2. The summed E-state index contributed by atoms with van der Waals surface area (Å²) in [5, 5.41) is 6.41. The minimum Gasteiger partial charge on any atom is -0.373 e. The maximum absolute atomic E-state index is 4.19. The van der Waals surface area contributed by atoms with Crippen molar-refractivity contribution >= 4 is 33.1 Å². The molecule has 1 heterocycles. The Labute approximate surface area is 116 Å². The van der Waals surface area contributed by atoms with E-state index < -0.39 is 0 Å². The number of hydrogen-bond donors (Lipinski definition) is 2. The van der Waals surface area contributed by atoms with Crippen LogP contribution in [0, 0.1) is 13.8 Å². The molecule has 2 rings (SSSR count). The van der Waals surface area contributed by atoms with Crippen LogP contribution in [0.4, 0.5) is 17.2 Å². The second kappa shape index (κ2) is 5.40. The molecular formula is C14H16BrN3. The third kappa shape index (κ3) is 2.82. The summed E-state index contributed by atoms with van der Waals surface area (Å²) in [7, 11) is 1.86. The van der Waals surface area contributed by atoms with Crippen LogP contribution in [0.3, 0.4) is 0 Å². The fourth-order valence-electron chi connectivity index (χ4n) is 1.83. The quantitative estimate of drug-likeness (QED) is 0.890. The molecule has 0 aliphatic heterocycles. The molecule has 0 amide bonds. The Balaban J connectivity index is 2.28. The van der Waals surface area contributed by atoms with Crippen LogP contribution >= 0.6 is 15.9 Å². The predicted octanol–water partition coefficient (Wildman–Crippen LogP) is 4.25. The van der Waals surface area contributed by atoms with Crippen molar-refractivity contribution in [2.45, 2.75) is 13.8 Å². The largest absolute Gasteiger partial charge is 0.373 e. The van der Waals surface area contributed by atoms with Gasteiger partial charge in [0.1, 0.15) is 5.82 Å². The molecule has 3 nitrogen and oxygen atoms in total. The van der Waals surface area contributed by atoms with Crippen molar-refractivity contribution in [1.29, 1.82) is 0 Å². The third-order valence-electron chi connectivity index (χ3n) is 2.74. The molecule has 1 aromatic carbocycles. The van der Waals surface area contributed by atoms with Crippen LogP contribution in [-0.2, 0) is 0 Å². The lowest BCUT2D eigenvalue weighted by atomic mass is 10.1. The van der Waals surface area contributed by atoms with Gasteiger partial charge < -0.3 is 10.6 Å². The summed E-state index contributed by atoms with van der Waals surface area (Å²) in [6.07, 6.45) is 1.78. The van der Waals surface area contributed by atoms with Crippen molar-refractivity contribution in [2.75, 3.05) is 17.7 Å². The minimum absolute atomic E-state index is 0.852.